The molecule has 2 aromatic rings. The highest BCUT2D eigenvalue weighted by molar-refractivity contribution is 9.10. The smallest absolute Gasteiger partial charge is 0.272 e. The summed E-state index contributed by atoms with van der Waals surface area (Å²) in [6.07, 6.45) is 3.78. The van der Waals surface area contributed by atoms with Crippen molar-refractivity contribution in [2.24, 2.45) is 5.92 Å². The summed E-state index contributed by atoms with van der Waals surface area (Å²) in [5, 5.41) is 0. The molecule has 0 unspecified atom stereocenters. The maximum atomic E-state index is 12.4. The number of benzene rings is 1. The normalized spacial score (nSPS) is 18.0. The molecule has 1 saturated heterocycles. The molecule has 21 heavy (non-hydrogen) atoms. The Bertz CT molecular complexity index is 612. The molecule has 3 nitrogen and oxygen atoms in total. The predicted molar refractivity (Wildman–Crippen MR) is 86.1 cm³/mol. The summed E-state index contributed by atoms with van der Waals surface area (Å²) < 4.78 is 0.891. The third-order valence-corrected chi connectivity index (χ3v) is 4.36. The molecule has 1 aliphatic rings. The molecule has 0 spiro atoms. The Kier molecular flexibility index (Phi) is 4.34. The number of carbonyl (C=O) groups excluding carboxylic acids is 1. The van der Waals surface area contributed by atoms with Crippen LogP contribution in [-0.2, 0) is 6.42 Å². The van der Waals surface area contributed by atoms with Gasteiger partial charge in [0.15, 0.2) is 0 Å². The minimum absolute atomic E-state index is 0.0399. The van der Waals surface area contributed by atoms with Crippen LogP contribution in [0.3, 0.4) is 0 Å². The van der Waals surface area contributed by atoms with E-state index in [2.05, 4.69) is 45.2 Å². The highest BCUT2D eigenvalue weighted by Crippen LogP contribution is 2.22. The van der Waals surface area contributed by atoms with E-state index in [4.69, 9.17) is 0 Å². The van der Waals surface area contributed by atoms with Gasteiger partial charge in [-0.15, -0.1) is 0 Å². The minimum Gasteiger partial charge on any atom is -0.337 e. The molecule has 1 fully saturated rings. The molecule has 4 heteroatoms. The minimum atomic E-state index is 0.0399. The molecule has 2 heterocycles. The van der Waals surface area contributed by atoms with E-state index >= 15 is 0 Å². The van der Waals surface area contributed by atoms with Crippen LogP contribution in [0.4, 0.5) is 0 Å². The van der Waals surface area contributed by atoms with E-state index in [-0.39, 0.29) is 5.91 Å². The summed E-state index contributed by atoms with van der Waals surface area (Å²) in [7, 11) is 0. The molecule has 1 aromatic carbocycles. The number of rotatable bonds is 3. The Morgan fingerprint density at radius 2 is 2.05 bits per heavy atom. The van der Waals surface area contributed by atoms with Crippen LogP contribution in [0.5, 0.6) is 0 Å². The highest BCUT2D eigenvalue weighted by atomic mass is 79.9. The Morgan fingerprint density at radius 1 is 1.24 bits per heavy atom. The number of aromatic nitrogens is 1. The van der Waals surface area contributed by atoms with Gasteiger partial charge in [0.05, 0.1) is 0 Å². The fourth-order valence-corrected chi connectivity index (χ4v) is 3.03. The molecule has 0 saturated carbocycles. The number of hydrogen-bond donors (Lipinski definition) is 0. The summed E-state index contributed by atoms with van der Waals surface area (Å²) in [6, 6.07) is 14.1. The second kappa shape index (κ2) is 6.39. The van der Waals surface area contributed by atoms with Gasteiger partial charge < -0.3 is 4.90 Å². The van der Waals surface area contributed by atoms with E-state index in [0.29, 0.717) is 11.6 Å². The number of halogens is 1. The van der Waals surface area contributed by atoms with E-state index in [9.17, 15) is 4.79 Å². The van der Waals surface area contributed by atoms with Gasteiger partial charge in [-0.05, 0) is 52.4 Å². The molecule has 3 rings (SSSR count). The average molecular weight is 345 g/mol. The third-order valence-electron chi connectivity index (χ3n) is 3.89. The molecule has 1 atom stereocenters. The Hall–Kier alpha value is -1.68. The average Bonchev–Trinajstić information content (AvgIpc) is 2.97. The van der Waals surface area contributed by atoms with Crippen LogP contribution < -0.4 is 0 Å². The van der Waals surface area contributed by atoms with E-state index < -0.39 is 0 Å². The number of carbonyl (C=O) groups is 1. The number of pyridine rings is 1. The van der Waals surface area contributed by atoms with Crippen molar-refractivity contribution in [3.63, 3.8) is 0 Å². The second-order valence-corrected chi connectivity index (χ2v) is 6.37. The first-order valence-corrected chi connectivity index (χ1v) is 7.96. The van der Waals surface area contributed by atoms with Crippen LogP contribution in [-0.4, -0.2) is 28.9 Å². The summed E-state index contributed by atoms with van der Waals surface area (Å²) in [5.74, 6) is 0.588. The molecular weight excluding hydrogens is 328 g/mol. The van der Waals surface area contributed by atoms with Crippen molar-refractivity contribution in [2.45, 2.75) is 12.8 Å². The standard InChI is InChI=1S/C17H17BrN2O/c18-15-6-7-16(19-11-15)17(21)20-9-8-14(12-20)10-13-4-2-1-3-5-13/h1-7,11,14H,8-10,12H2/t14-/m0/s1. The van der Waals surface area contributed by atoms with E-state index in [0.717, 1.165) is 30.4 Å². The van der Waals surface area contributed by atoms with E-state index in [1.165, 1.54) is 5.56 Å². The van der Waals surface area contributed by atoms with Crippen molar-refractivity contribution in [1.29, 1.82) is 0 Å². The first-order chi connectivity index (χ1) is 10.2. The quantitative estimate of drug-likeness (QED) is 0.852. The monoisotopic (exact) mass is 344 g/mol. The maximum Gasteiger partial charge on any atom is 0.272 e. The van der Waals surface area contributed by atoms with Crippen molar-refractivity contribution >= 4 is 21.8 Å². The van der Waals surface area contributed by atoms with Gasteiger partial charge in [-0.2, -0.15) is 0 Å². The van der Waals surface area contributed by atoms with Gasteiger partial charge in [0.2, 0.25) is 0 Å². The fraction of sp³-hybridized carbons (Fsp3) is 0.294. The van der Waals surface area contributed by atoms with Crippen LogP contribution in [0.1, 0.15) is 22.5 Å². The van der Waals surface area contributed by atoms with Crippen LogP contribution in [0.25, 0.3) is 0 Å². The zero-order valence-electron chi connectivity index (χ0n) is 11.7. The first kappa shape index (κ1) is 14.3. The first-order valence-electron chi connectivity index (χ1n) is 7.17. The molecular formula is C17H17BrN2O. The topological polar surface area (TPSA) is 33.2 Å². The van der Waals surface area contributed by atoms with Crippen LogP contribution in [0.2, 0.25) is 0 Å². The SMILES string of the molecule is O=C(c1ccc(Br)cn1)N1CC[C@@H](Cc2ccccc2)C1. The number of nitrogens with zero attached hydrogens (tertiary/aromatic N) is 2. The van der Waals surface area contributed by atoms with Gasteiger partial charge in [-0.3, -0.25) is 4.79 Å². The van der Waals surface area contributed by atoms with Gasteiger partial charge in [0, 0.05) is 23.8 Å². The molecule has 1 amide bonds. The van der Waals surface area contributed by atoms with Crippen LogP contribution >= 0.6 is 15.9 Å². The molecule has 0 bridgehead atoms. The van der Waals surface area contributed by atoms with Crippen molar-refractivity contribution in [3.05, 3.63) is 64.4 Å². The molecule has 108 valence electrons. The predicted octanol–water partition coefficient (Wildman–Crippen LogP) is 3.55. The molecule has 0 radical (unpaired) electrons. The highest BCUT2D eigenvalue weighted by Gasteiger charge is 2.27. The molecule has 0 N–H and O–H groups in total. The lowest BCUT2D eigenvalue weighted by atomic mass is 9.99. The van der Waals surface area contributed by atoms with Gasteiger partial charge >= 0.3 is 0 Å². The van der Waals surface area contributed by atoms with Gasteiger partial charge in [0.25, 0.3) is 5.91 Å². The second-order valence-electron chi connectivity index (χ2n) is 5.46. The summed E-state index contributed by atoms with van der Waals surface area (Å²) >= 11 is 3.34. The molecule has 1 aliphatic heterocycles. The zero-order valence-corrected chi connectivity index (χ0v) is 13.3. The van der Waals surface area contributed by atoms with Crippen molar-refractivity contribution in [3.8, 4) is 0 Å². The summed E-state index contributed by atoms with van der Waals surface area (Å²) in [6.45, 7) is 1.65. The Morgan fingerprint density at radius 3 is 2.76 bits per heavy atom. The van der Waals surface area contributed by atoms with E-state index in [1.54, 1.807) is 12.3 Å². The molecule has 1 aromatic heterocycles. The number of likely N-dealkylation sites (tertiary alicyclic amines) is 1. The summed E-state index contributed by atoms with van der Waals surface area (Å²) in [4.78, 5) is 18.5. The van der Waals surface area contributed by atoms with Gasteiger partial charge in [-0.25, -0.2) is 4.98 Å². The lowest BCUT2D eigenvalue weighted by Crippen LogP contribution is -2.29. The number of amides is 1. The van der Waals surface area contributed by atoms with Crippen molar-refractivity contribution < 1.29 is 4.79 Å². The number of hydrogen-bond acceptors (Lipinski definition) is 2. The van der Waals surface area contributed by atoms with Gasteiger partial charge in [0.1, 0.15) is 5.69 Å². The summed E-state index contributed by atoms with van der Waals surface area (Å²) in [5.41, 5.74) is 1.87. The van der Waals surface area contributed by atoms with Crippen LogP contribution in [0.15, 0.2) is 53.1 Å². The Balaban J connectivity index is 1.61. The molecule has 0 aliphatic carbocycles. The van der Waals surface area contributed by atoms with E-state index in [1.807, 2.05) is 17.0 Å². The Labute approximate surface area is 133 Å². The maximum absolute atomic E-state index is 12.4. The van der Waals surface area contributed by atoms with Crippen molar-refractivity contribution in [1.82, 2.24) is 9.88 Å². The lowest BCUT2D eigenvalue weighted by Gasteiger charge is -2.16. The lowest BCUT2D eigenvalue weighted by molar-refractivity contribution is 0.0781. The van der Waals surface area contributed by atoms with Crippen LogP contribution in [0, 0.1) is 5.92 Å². The van der Waals surface area contributed by atoms with Crippen molar-refractivity contribution in [2.75, 3.05) is 13.1 Å². The van der Waals surface area contributed by atoms with Gasteiger partial charge in [-0.1, -0.05) is 30.3 Å². The third kappa shape index (κ3) is 3.50. The largest absolute Gasteiger partial charge is 0.337 e. The fourth-order valence-electron chi connectivity index (χ4n) is 2.80. The zero-order chi connectivity index (χ0) is 14.7.